The Morgan fingerprint density at radius 2 is 1.80 bits per heavy atom. The first-order valence-corrected chi connectivity index (χ1v) is 3.44. The molecule has 3 N–H and O–H groups in total. The van der Waals surface area contributed by atoms with E-state index in [-0.39, 0.29) is 5.92 Å². The van der Waals surface area contributed by atoms with E-state index in [0.717, 1.165) is 0 Å². The number of hydrogen-bond acceptors (Lipinski definition) is 2. The van der Waals surface area contributed by atoms with Gasteiger partial charge < -0.3 is 10.8 Å². The Morgan fingerprint density at radius 1 is 1.40 bits per heavy atom. The summed E-state index contributed by atoms with van der Waals surface area (Å²) in [5.41, 5.74) is 5.04. The highest BCUT2D eigenvalue weighted by Crippen LogP contribution is 2.13. The molecule has 2 atom stereocenters. The van der Waals surface area contributed by atoms with Crippen LogP contribution in [0.1, 0.15) is 20.8 Å². The molecule has 0 heterocycles. The smallest absolute Gasteiger partial charge is 0.223 e. The van der Waals surface area contributed by atoms with Crippen LogP contribution in [0.15, 0.2) is 0 Å². The van der Waals surface area contributed by atoms with Crippen molar-refractivity contribution in [3.8, 4) is 0 Å². The molecule has 0 radical (unpaired) electrons. The highest BCUT2D eigenvalue weighted by molar-refractivity contribution is 5.77. The van der Waals surface area contributed by atoms with Crippen molar-refractivity contribution in [2.45, 2.75) is 26.9 Å². The molecule has 2 unspecified atom stereocenters. The Bertz CT molecular complexity index is 113. The van der Waals surface area contributed by atoms with Gasteiger partial charge in [0.05, 0.1) is 12.0 Å². The molecule has 0 aliphatic heterocycles. The number of carbonyl (C=O) groups excluding carboxylic acids is 1. The predicted molar refractivity (Wildman–Crippen MR) is 39.2 cm³/mol. The zero-order chi connectivity index (χ0) is 8.31. The fourth-order valence-electron chi connectivity index (χ4n) is 1.12. The van der Waals surface area contributed by atoms with E-state index in [1.54, 1.807) is 6.92 Å². The SMILES string of the molecule is CC(C)C(C(N)=O)C(C)O. The molecule has 3 heteroatoms. The van der Waals surface area contributed by atoms with Crippen LogP contribution in [0.2, 0.25) is 0 Å². The van der Waals surface area contributed by atoms with E-state index >= 15 is 0 Å². The summed E-state index contributed by atoms with van der Waals surface area (Å²) >= 11 is 0. The van der Waals surface area contributed by atoms with Gasteiger partial charge in [0.15, 0.2) is 0 Å². The number of rotatable bonds is 3. The third-order valence-electron chi connectivity index (χ3n) is 1.57. The van der Waals surface area contributed by atoms with Gasteiger partial charge in [-0.15, -0.1) is 0 Å². The topological polar surface area (TPSA) is 63.3 Å². The molecule has 0 fully saturated rings. The molecule has 0 aromatic carbocycles. The number of amides is 1. The van der Waals surface area contributed by atoms with Gasteiger partial charge in [0, 0.05) is 0 Å². The standard InChI is InChI=1S/C7H15NO2/c1-4(2)6(5(3)9)7(8)10/h4-6,9H,1-3H3,(H2,8,10). The van der Waals surface area contributed by atoms with E-state index in [0.29, 0.717) is 0 Å². The van der Waals surface area contributed by atoms with E-state index in [4.69, 9.17) is 10.8 Å². The lowest BCUT2D eigenvalue weighted by atomic mass is 9.91. The summed E-state index contributed by atoms with van der Waals surface area (Å²) in [7, 11) is 0. The summed E-state index contributed by atoms with van der Waals surface area (Å²) in [4.78, 5) is 10.6. The van der Waals surface area contributed by atoms with Crippen LogP contribution in [0.25, 0.3) is 0 Å². The van der Waals surface area contributed by atoms with Crippen LogP contribution in [0.4, 0.5) is 0 Å². The highest BCUT2D eigenvalue weighted by atomic mass is 16.3. The van der Waals surface area contributed by atoms with Crippen molar-refractivity contribution in [1.82, 2.24) is 0 Å². The molecule has 0 aromatic heterocycles. The van der Waals surface area contributed by atoms with Gasteiger partial charge in [-0.25, -0.2) is 0 Å². The predicted octanol–water partition coefficient (Wildman–Crippen LogP) is 0.125. The van der Waals surface area contributed by atoms with Gasteiger partial charge in [-0.05, 0) is 12.8 Å². The van der Waals surface area contributed by atoms with Crippen LogP contribution >= 0.6 is 0 Å². The lowest BCUT2D eigenvalue weighted by Gasteiger charge is -2.19. The maximum absolute atomic E-state index is 10.6. The molecule has 0 rings (SSSR count). The molecule has 0 aliphatic carbocycles. The fourth-order valence-corrected chi connectivity index (χ4v) is 1.12. The minimum absolute atomic E-state index is 0.109. The van der Waals surface area contributed by atoms with E-state index in [2.05, 4.69) is 0 Å². The van der Waals surface area contributed by atoms with Gasteiger partial charge in [0.1, 0.15) is 0 Å². The summed E-state index contributed by atoms with van der Waals surface area (Å²) in [5, 5.41) is 9.05. The van der Waals surface area contributed by atoms with Gasteiger partial charge in [-0.2, -0.15) is 0 Å². The maximum Gasteiger partial charge on any atom is 0.223 e. The number of aliphatic hydroxyl groups is 1. The maximum atomic E-state index is 10.6. The van der Waals surface area contributed by atoms with Crippen LogP contribution in [0.5, 0.6) is 0 Å². The second kappa shape index (κ2) is 3.56. The van der Waals surface area contributed by atoms with Crippen LogP contribution in [-0.2, 0) is 4.79 Å². The zero-order valence-corrected chi connectivity index (χ0v) is 6.66. The Balaban J connectivity index is 4.12. The van der Waals surface area contributed by atoms with Gasteiger partial charge in [-0.3, -0.25) is 4.79 Å². The second-order valence-corrected chi connectivity index (χ2v) is 2.91. The lowest BCUT2D eigenvalue weighted by molar-refractivity contribution is -0.126. The summed E-state index contributed by atoms with van der Waals surface area (Å²) in [6.07, 6.45) is -0.641. The van der Waals surface area contributed by atoms with Crippen molar-refractivity contribution in [3.63, 3.8) is 0 Å². The molecule has 0 aromatic rings. The summed E-state index contributed by atoms with van der Waals surface area (Å²) < 4.78 is 0. The molecular formula is C7H15NO2. The number of hydrogen-bond donors (Lipinski definition) is 2. The second-order valence-electron chi connectivity index (χ2n) is 2.91. The van der Waals surface area contributed by atoms with Crippen LogP contribution in [0, 0.1) is 11.8 Å². The number of nitrogens with two attached hydrogens (primary N) is 1. The number of carbonyl (C=O) groups is 1. The molecule has 0 saturated heterocycles. The zero-order valence-electron chi connectivity index (χ0n) is 6.66. The van der Waals surface area contributed by atoms with Gasteiger partial charge in [0.2, 0.25) is 5.91 Å². The van der Waals surface area contributed by atoms with Gasteiger partial charge in [-0.1, -0.05) is 13.8 Å². The monoisotopic (exact) mass is 145 g/mol. The molecule has 60 valence electrons. The summed E-state index contributed by atoms with van der Waals surface area (Å²) in [6.45, 7) is 5.31. The molecule has 0 saturated carbocycles. The van der Waals surface area contributed by atoms with Crippen LogP contribution in [-0.4, -0.2) is 17.1 Å². The fraction of sp³-hybridized carbons (Fsp3) is 0.857. The van der Waals surface area contributed by atoms with Crippen molar-refractivity contribution in [3.05, 3.63) is 0 Å². The average Bonchev–Trinajstić information content (AvgIpc) is 1.59. The highest BCUT2D eigenvalue weighted by Gasteiger charge is 2.23. The lowest BCUT2D eigenvalue weighted by Crippen LogP contribution is -2.35. The third-order valence-corrected chi connectivity index (χ3v) is 1.57. The van der Waals surface area contributed by atoms with E-state index in [1.165, 1.54) is 0 Å². The largest absolute Gasteiger partial charge is 0.393 e. The molecule has 0 aliphatic rings. The normalized spacial score (nSPS) is 16.9. The Hall–Kier alpha value is -0.570. The number of aliphatic hydroxyl groups excluding tert-OH is 1. The Morgan fingerprint density at radius 3 is 1.80 bits per heavy atom. The number of primary amides is 1. The van der Waals surface area contributed by atoms with Crippen molar-refractivity contribution in [2.75, 3.05) is 0 Å². The van der Waals surface area contributed by atoms with Gasteiger partial charge in [0.25, 0.3) is 0 Å². The van der Waals surface area contributed by atoms with Crippen molar-refractivity contribution in [1.29, 1.82) is 0 Å². The van der Waals surface area contributed by atoms with Crippen molar-refractivity contribution in [2.24, 2.45) is 17.6 Å². The average molecular weight is 145 g/mol. The molecule has 0 spiro atoms. The first-order chi connectivity index (χ1) is 4.46. The molecule has 10 heavy (non-hydrogen) atoms. The van der Waals surface area contributed by atoms with Crippen molar-refractivity contribution < 1.29 is 9.90 Å². The minimum Gasteiger partial charge on any atom is -0.393 e. The molecule has 0 bridgehead atoms. The van der Waals surface area contributed by atoms with Crippen molar-refractivity contribution >= 4 is 5.91 Å². The summed E-state index contributed by atoms with van der Waals surface area (Å²) in [6, 6.07) is 0. The minimum atomic E-state index is -0.641. The third kappa shape index (κ3) is 2.35. The molecule has 3 nitrogen and oxygen atoms in total. The molecular weight excluding hydrogens is 130 g/mol. The summed E-state index contributed by atoms with van der Waals surface area (Å²) in [5.74, 6) is -0.734. The molecule has 1 amide bonds. The Kier molecular flexibility index (Phi) is 3.36. The quantitative estimate of drug-likeness (QED) is 0.592. The van der Waals surface area contributed by atoms with E-state index < -0.39 is 17.9 Å². The first kappa shape index (κ1) is 9.43. The van der Waals surface area contributed by atoms with Crippen LogP contribution < -0.4 is 5.73 Å². The van der Waals surface area contributed by atoms with Crippen LogP contribution in [0.3, 0.4) is 0 Å². The van der Waals surface area contributed by atoms with Gasteiger partial charge >= 0.3 is 0 Å². The first-order valence-electron chi connectivity index (χ1n) is 3.44. The Labute approximate surface area is 61.2 Å². The van der Waals surface area contributed by atoms with E-state index in [9.17, 15) is 4.79 Å². The van der Waals surface area contributed by atoms with E-state index in [1.807, 2.05) is 13.8 Å².